The first-order valence-electron chi connectivity index (χ1n) is 12.8. The van der Waals surface area contributed by atoms with Gasteiger partial charge in [0.15, 0.2) is 5.82 Å². The molecular weight excluding hydrogens is 538 g/mol. The average Bonchev–Trinajstić information content (AvgIpc) is 2.90. The minimum Gasteiger partial charge on any atom is -0.444 e. The van der Waals surface area contributed by atoms with E-state index in [1.165, 1.54) is 12.3 Å². The number of nitrogens with zero attached hydrogens (tertiary/aromatic N) is 6. The third-order valence-corrected chi connectivity index (χ3v) is 7.07. The first-order valence-corrected chi connectivity index (χ1v) is 13.2. The van der Waals surface area contributed by atoms with Crippen LogP contribution in [0.3, 0.4) is 0 Å². The van der Waals surface area contributed by atoms with Gasteiger partial charge in [0.25, 0.3) is 0 Å². The number of hydrogen-bond donors (Lipinski definition) is 0. The molecule has 0 spiro atoms. The molecular formula is C29H27ClF2N6O2. The molecule has 5 rings (SSSR count). The number of carbonyl (C=O) groups is 1. The highest BCUT2D eigenvalue weighted by Crippen LogP contribution is 2.38. The highest BCUT2D eigenvalue weighted by atomic mass is 35.5. The van der Waals surface area contributed by atoms with E-state index in [0.29, 0.717) is 53.0 Å². The first-order chi connectivity index (χ1) is 19.0. The van der Waals surface area contributed by atoms with Gasteiger partial charge in [0.2, 0.25) is 0 Å². The fourth-order valence-electron chi connectivity index (χ4n) is 4.97. The highest BCUT2D eigenvalue weighted by molar-refractivity contribution is 6.36. The van der Waals surface area contributed by atoms with Gasteiger partial charge < -0.3 is 14.5 Å². The molecule has 1 aliphatic heterocycles. The molecule has 4 aromatic rings. The Kier molecular flexibility index (Phi) is 7.19. The Balaban J connectivity index is 1.56. The van der Waals surface area contributed by atoms with Crippen molar-refractivity contribution in [2.75, 3.05) is 24.5 Å². The molecule has 1 fully saturated rings. The summed E-state index contributed by atoms with van der Waals surface area (Å²) in [4.78, 5) is 29.7. The molecule has 3 heterocycles. The number of benzene rings is 2. The number of ether oxygens (including phenoxy) is 1. The van der Waals surface area contributed by atoms with Crippen LogP contribution in [0.4, 0.5) is 19.4 Å². The number of hydrogen-bond acceptors (Lipinski definition) is 7. The minimum atomic E-state index is -0.682. The molecule has 8 nitrogen and oxygen atoms in total. The first kappa shape index (κ1) is 27.5. The SMILES string of the molecule is Cc1nc(N2CCN(C(=O)OC(C)(C)C)[C@@H](CC#N)C2)c2cnc(-c3cccc4ccc(F)c(Cl)c34)c(F)c2n1. The second kappa shape index (κ2) is 10.5. The van der Waals surface area contributed by atoms with Crippen molar-refractivity contribution in [2.45, 2.75) is 45.8 Å². The van der Waals surface area contributed by atoms with Crippen molar-refractivity contribution in [1.29, 1.82) is 5.26 Å². The number of aryl methyl sites for hydroxylation is 1. The van der Waals surface area contributed by atoms with Crippen LogP contribution in [0.1, 0.15) is 33.0 Å². The smallest absolute Gasteiger partial charge is 0.410 e. The number of pyridine rings is 1. The predicted octanol–water partition coefficient (Wildman–Crippen LogP) is 6.42. The third-order valence-electron chi connectivity index (χ3n) is 6.70. The van der Waals surface area contributed by atoms with E-state index in [1.54, 1.807) is 56.9 Å². The summed E-state index contributed by atoms with van der Waals surface area (Å²) >= 11 is 6.30. The van der Waals surface area contributed by atoms with Crippen LogP contribution in [0.2, 0.25) is 5.02 Å². The van der Waals surface area contributed by atoms with Crippen LogP contribution in [-0.2, 0) is 4.74 Å². The Morgan fingerprint density at radius 1 is 1.20 bits per heavy atom. The maximum atomic E-state index is 16.1. The molecule has 2 aromatic heterocycles. The Bertz CT molecular complexity index is 1680. The van der Waals surface area contributed by atoms with E-state index in [-0.39, 0.29) is 22.7 Å². The molecule has 40 heavy (non-hydrogen) atoms. The van der Waals surface area contributed by atoms with E-state index in [9.17, 15) is 14.4 Å². The maximum Gasteiger partial charge on any atom is 0.410 e. The van der Waals surface area contributed by atoms with Crippen LogP contribution >= 0.6 is 11.6 Å². The molecule has 0 unspecified atom stereocenters. The Morgan fingerprint density at radius 2 is 1.98 bits per heavy atom. The Labute approximate surface area is 235 Å². The summed E-state index contributed by atoms with van der Waals surface area (Å²) in [5, 5.41) is 10.7. The number of rotatable bonds is 3. The van der Waals surface area contributed by atoms with Crippen LogP contribution in [-0.4, -0.2) is 57.2 Å². The molecule has 206 valence electrons. The zero-order valence-corrected chi connectivity index (χ0v) is 23.3. The molecule has 2 aromatic carbocycles. The van der Waals surface area contributed by atoms with Crippen molar-refractivity contribution < 1.29 is 18.3 Å². The summed E-state index contributed by atoms with van der Waals surface area (Å²) in [6.45, 7) is 7.99. The van der Waals surface area contributed by atoms with Crippen LogP contribution in [0, 0.1) is 29.9 Å². The summed E-state index contributed by atoms with van der Waals surface area (Å²) in [5.41, 5.74) is -0.277. The highest BCUT2D eigenvalue weighted by Gasteiger charge is 2.34. The summed E-state index contributed by atoms with van der Waals surface area (Å²) in [6, 6.07) is 9.68. The Morgan fingerprint density at radius 3 is 2.70 bits per heavy atom. The van der Waals surface area contributed by atoms with E-state index in [2.05, 4.69) is 21.0 Å². The second-order valence-electron chi connectivity index (χ2n) is 10.7. The lowest BCUT2D eigenvalue weighted by molar-refractivity contribution is 0.0145. The number of aromatic nitrogens is 3. The maximum absolute atomic E-state index is 16.1. The fourth-order valence-corrected chi connectivity index (χ4v) is 5.25. The van der Waals surface area contributed by atoms with Crippen molar-refractivity contribution in [3.63, 3.8) is 0 Å². The van der Waals surface area contributed by atoms with Gasteiger partial charge in [0.1, 0.15) is 34.3 Å². The van der Waals surface area contributed by atoms with E-state index in [0.717, 1.165) is 0 Å². The van der Waals surface area contributed by atoms with Gasteiger partial charge in [0.05, 0.1) is 28.9 Å². The number of amides is 1. The molecule has 1 atom stereocenters. The molecule has 0 bridgehead atoms. The number of halogens is 3. The number of fused-ring (bicyclic) bond motifs is 2. The van der Waals surface area contributed by atoms with Gasteiger partial charge >= 0.3 is 6.09 Å². The molecule has 11 heteroatoms. The summed E-state index contributed by atoms with van der Waals surface area (Å²) in [5.74, 6) is -0.500. The normalized spacial score (nSPS) is 15.9. The summed E-state index contributed by atoms with van der Waals surface area (Å²) < 4.78 is 36.0. The number of piperazine rings is 1. The van der Waals surface area contributed by atoms with E-state index in [4.69, 9.17) is 16.3 Å². The van der Waals surface area contributed by atoms with Gasteiger partial charge in [-0.15, -0.1) is 0 Å². The van der Waals surface area contributed by atoms with Gasteiger partial charge in [-0.1, -0.05) is 35.9 Å². The standard InChI is InChI=1S/C29H27ClF2N6O2/c1-16-35-26-20(14-34-25(24(26)32)19-7-5-6-17-8-9-21(31)23(30)22(17)19)27(36-16)37-12-13-38(18(15-37)10-11-33)28(39)40-29(2,3)4/h5-9,14,18H,10,12-13,15H2,1-4H3/t18-/m0/s1. The van der Waals surface area contributed by atoms with Gasteiger partial charge in [-0.25, -0.2) is 23.5 Å². The van der Waals surface area contributed by atoms with Gasteiger partial charge in [0, 0.05) is 36.8 Å². The van der Waals surface area contributed by atoms with Crippen molar-refractivity contribution in [1.82, 2.24) is 19.9 Å². The lowest BCUT2D eigenvalue weighted by Gasteiger charge is -2.41. The van der Waals surface area contributed by atoms with Gasteiger partial charge in [-0.2, -0.15) is 5.26 Å². The number of anilines is 1. The van der Waals surface area contributed by atoms with Crippen molar-refractivity contribution in [3.05, 3.63) is 59.0 Å². The van der Waals surface area contributed by atoms with E-state index >= 15 is 4.39 Å². The van der Waals surface area contributed by atoms with Gasteiger partial charge in [-0.05, 0) is 39.1 Å². The molecule has 0 saturated carbocycles. The number of nitriles is 1. The van der Waals surface area contributed by atoms with Crippen LogP contribution in [0.25, 0.3) is 32.9 Å². The monoisotopic (exact) mass is 564 g/mol. The van der Waals surface area contributed by atoms with Crippen LogP contribution in [0.5, 0.6) is 0 Å². The number of carbonyl (C=O) groups excluding carboxylic acids is 1. The zero-order chi connectivity index (χ0) is 28.8. The molecule has 1 amide bonds. The molecule has 1 aliphatic rings. The third kappa shape index (κ3) is 5.09. The molecule has 0 aliphatic carbocycles. The van der Waals surface area contributed by atoms with Gasteiger partial charge in [-0.3, -0.25) is 4.98 Å². The summed E-state index contributed by atoms with van der Waals surface area (Å²) in [6.07, 6.45) is 1.10. The topological polar surface area (TPSA) is 95.2 Å². The quantitative estimate of drug-likeness (QED) is 0.283. The zero-order valence-electron chi connectivity index (χ0n) is 22.5. The van der Waals surface area contributed by atoms with Crippen molar-refractivity contribution in [2.24, 2.45) is 0 Å². The molecule has 0 N–H and O–H groups in total. The lowest BCUT2D eigenvalue weighted by atomic mass is 10.0. The van der Waals surface area contributed by atoms with Crippen molar-refractivity contribution in [3.8, 4) is 17.3 Å². The Hall–Kier alpha value is -4.10. The molecule has 0 radical (unpaired) electrons. The average molecular weight is 565 g/mol. The van der Waals surface area contributed by atoms with E-state index < -0.39 is 29.4 Å². The lowest BCUT2D eigenvalue weighted by Crippen LogP contribution is -2.56. The largest absolute Gasteiger partial charge is 0.444 e. The summed E-state index contributed by atoms with van der Waals surface area (Å²) in [7, 11) is 0. The molecule has 1 saturated heterocycles. The fraction of sp³-hybridized carbons (Fsp3) is 0.345. The predicted molar refractivity (Wildman–Crippen MR) is 149 cm³/mol. The van der Waals surface area contributed by atoms with Crippen LogP contribution in [0.15, 0.2) is 36.5 Å². The van der Waals surface area contributed by atoms with E-state index in [1.807, 2.05) is 4.90 Å². The van der Waals surface area contributed by atoms with Crippen molar-refractivity contribution >= 4 is 45.2 Å². The van der Waals surface area contributed by atoms with Crippen LogP contribution < -0.4 is 4.90 Å². The minimum absolute atomic E-state index is 0.00764. The second-order valence-corrected chi connectivity index (χ2v) is 11.1.